The topological polar surface area (TPSA) is 39.1 Å². The Morgan fingerprint density at radius 1 is 1.41 bits per heavy atom. The summed E-state index contributed by atoms with van der Waals surface area (Å²) < 4.78 is 0. The third-order valence-electron chi connectivity index (χ3n) is 4.74. The van der Waals surface area contributed by atoms with Gasteiger partial charge >= 0.3 is 0 Å². The molecular weight excluding hydrogens is 210 g/mol. The Kier molecular flexibility index (Phi) is 4.97. The van der Waals surface area contributed by atoms with Gasteiger partial charge in [-0.15, -0.1) is 0 Å². The fourth-order valence-electron chi connectivity index (χ4n) is 2.66. The molecule has 1 fully saturated rings. The van der Waals surface area contributed by atoms with Crippen LogP contribution in [0.1, 0.15) is 46.5 Å². The Bertz CT molecular complexity index is 278. The zero-order valence-corrected chi connectivity index (χ0v) is 11.8. The first kappa shape index (κ1) is 14.5. The molecule has 0 saturated carbocycles. The lowest BCUT2D eigenvalue weighted by molar-refractivity contribution is 0.229. The van der Waals surface area contributed by atoms with Gasteiger partial charge in [0, 0.05) is 13.1 Å². The molecule has 0 aromatic rings. The lowest BCUT2D eigenvalue weighted by Crippen LogP contribution is -2.41. The summed E-state index contributed by atoms with van der Waals surface area (Å²) in [7, 11) is 1.87. The van der Waals surface area contributed by atoms with Gasteiger partial charge in [0.15, 0.2) is 0 Å². The number of hydrogen-bond acceptors (Lipinski definition) is 3. The van der Waals surface area contributed by atoms with Crippen LogP contribution in [0.2, 0.25) is 0 Å². The molecule has 1 aliphatic rings. The normalized spacial score (nSPS) is 23.2. The number of nitriles is 1. The van der Waals surface area contributed by atoms with Crippen LogP contribution in [-0.2, 0) is 0 Å². The standard InChI is InChI=1S/C14H27N3/c1-5-14(6-2)8-10-17(12-14)9-7-13(3,11-15)16-4/h16H,5-10,12H2,1-4H3. The monoisotopic (exact) mass is 237 g/mol. The maximum atomic E-state index is 9.12. The highest BCUT2D eigenvalue weighted by molar-refractivity contribution is 5.03. The molecule has 0 spiro atoms. The van der Waals surface area contributed by atoms with Crippen molar-refractivity contribution in [3.05, 3.63) is 0 Å². The average Bonchev–Trinajstić information content (AvgIpc) is 2.80. The SMILES string of the molecule is CCC1(CC)CCN(CCC(C)(C#N)NC)C1. The molecule has 1 atom stereocenters. The van der Waals surface area contributed by atoms with Crippen LogP contribution in [0.3, 0.4) is 0 Å². The molecule has 0 aromatic heterocycles. The zero-order chi connectivity index (χ0) is 12.9. The fourth-order valence-corrected chi connectivity index (χ4v) is 2.66. The smallest absolute Gasteiger partial charge is 0.104 e. The average molecular weight is 237 g/mol. The highest BCUT2D eigenvalue weighted by atomic mass is 15.2. The molecule has 3 nitrogen and oxygen atoms in total. The first-order valence-corrected chi connectivity index (χ1v) is 6.85. The lowest BCUT2D eigenvalue weighted by Gasteiger charge is -2.28. The van der Waals surface area contributed by atoms with Crippen molar-refractivity contribution in [2.24, 2.45) is 5.41 Å². The van der Waals surface area contributed by atoms with Gasteiger partial charge in [-0.05, 0) is 51.6 Å². The van der Waals surface area contributed by atoms with Crippen LogP contribution in [0.4, 0.5) is 0 Å². The second kappa shape index (κ2) is 5.84. The van der Waals surface area contributed by atoms with Gasteiger partial charge < -0.3 is 10.2 Å². The van der Waals surface area contributed by atoms with Gasteiger partial charge in [0.1, 0.15) is 5.54 Å². The van der Waals surface area contributed by atoms with Crippen LogP contribution in [0.25, 0.3) is 0 Å². The summed E-state index contributed by atoms with van der Waals surface area (Å²) in [6.07, 6.45) is 4.79. The Morgan fingerprint density at radius 2 is 2.06 bits per heavy atom. The number of nitrogens with one attached hydrogen (secondary N) is 1. The highest BCUT2D eigenvalue weighted by Crippen LogP contribution is 2.37. The third kappa shape index (κ3) is 3.43. The van der Waals surface area contributed by atoms with E-state index in [4.69, 9.17) is 5.26 Å². The van der Waals surface area contributed by atoms with Crippen molar-refractivity contribution in [1.82, 2.24) is 10.2 Å². The molecule has 0 aromatic carbocycles. The number of nitrogens with zero attached hydrogens (tertiary/aromatic N) is 2. The molecule has 0 amide bonds. The third-order valence-corrected chi connectivity index (χ3v) is 4.74. The van der Waals surface area contributed by atoms with Crippen LogP contribution in [0, 0.1) is 16.7 Å². The summed E-state index contributed by atoms with van der Waals surface area (Å²) >= 11 is 0. The van der Waals surface area contributed by atoms with Crippen molar-refractivity contribution in [3.8, 4) is 6.07 Å². The maximum absolute atomic E-state index is 9.12. The quantitative estimate of drug-likeness (QED) is 0.771. The van der Waals surface area contributed by atoms with Gasteiger partial charge in [0.05, 0.1) is 6.07 Å². The first-order valence-electron chi connectivity index (χ1n) is 6.85. The summed E-state index contributed by atoms with van der Waals surface area (Å²) in [6.45, 7) is 10.0. The van der Waals surface area contributed by atoms with Gasteiger partial charge in [-0.2, -0.15) is 5.26 Å². The minimum Gasteiger partial charge on any atom is -0.303 e. The first-order chi connectivity index (χ1) is 8.03. The zero-order valence-electron chi connectivity index (χ0n) is 11.8. The van der Waals surface area contributed by atoms with Gasteiger partial charge in [0.25, 0.3) is 0 Å². The Balaban J connectivity index is 2.44. The largest absolute Gasteiger partial charge is 0.303 e. The van der Waals surface area contributed by atoms with Crippen LogP contribution >= 0.6 is 0 Å². The van der Waals surface area contributed by atoms with E-state index >= 15 is 0 Å². The molecular formula is C14H27N3. The molecule has 1 saturated heterocycles. The maximum Gasteiger partial charge on any atom is 0.104 e. The van der Waals surface area contributed by atoms with Crippen LogP contribution in [-0.4, -0.2) is 37.1 Å². The van der Waals surface area contributed by atoms with E-state index in [9.17, 15) is 0 Å². The van der Waals surface area contributed by atoms with Crippen molar-refractivity contribution in [3.63, 3.8) is 0 Å². The van der Waals surface area contributed by atoms with E-state index in [1.54, 1.807) is 0 Å². The summed E-state index contributed by atoms with van der Waals surface area (Å²) in [4.78, 5) is 2.53. The van der Waals surface area contributed by atoms with Crippen molar-refractivity contribution >= 4 is 0 Å². The lowest BCUT2D eigenvalue weighted by atomic mass is 9.82. The Labute approximate surface area is 106 Å². The molecule has 1 rings (SSSR count). The predicted molar refractivity (Wildman–Crippen MR) is 71.8 cm³/mol. The van der Waals surface area contributed by atoms with Crippen molar-refractivity contribution in [1.29, 1.82) is 5.26 Å². The Morgan fingerprint density at radius 3 is 2.47 bits per heavy atom. The van der Waals surface area contributed by atoms with Crippen LogP contribution in [0.15, 0.2) is 0 Å². The molecule has 1 unspecified atom stereocenters. The van der Waals surface area contributed by atoms with Gasteiger partial charge in [0.2, 0.25) is 0 Å². The van der Waals surface area contributed by atoms with E-state index in [0.29, 0.717) is 5.41 Å². The predicted octanol–water partition coefficient (Wildman–Crippen LogP) is 2.39. The molecule has 0 bridgehead atoms. The second-order valence-corrected chi connectivity index (χ2v) is 5.68. The number of hydrogen-bond donors (Lipinski definition) is 1. The summed E-state index contributed by atoms with van der Waals surface area (Å²) in [5.74, 6) is 0. The van der Waals surface area contributed by atoms with E-state index in [-0.39, 0.29) is 5.54 Å². The summed E-state index contributed by atoms with van der Waals surface area (Å²) in [6, 6.07) is 2.36. The molecule has 0 aliphatic carbocycles. The molecule has 0 radical (unpaired) electrons. The summed E-state index contributed by atoms with van der Waals surface area (Å²) in [5.41, 5.74) is 0.173. The van der Waals surface area contributed by atoms with Crippen molar-refractivity contribution in [2.75, 3.05) is 26.7 Å². The van der Waals surface area contributed by atoms with E-state index in [1.807, 2.05) is 14.0 Å². The van der Waals surface area contributed by atoms with Crippen molar-refractivity contribution < 1.29 is 0 Å². The highest BCUT2D eigenvalue weighted by Gasteiger charge is 2.35. The fraction of sp³-hybridized carbons (Fsp3) is 0.929. The number of rotatable bonds is 6. The van der Waals surface area contributed by atoms with Crippen molar-refractivity contribution in [2.45, 2.75) is 52.0 Å². The van der Waals surface area contributed by atoms with E-state index in [1.165, 1.54) is 32.4 Å². The minimum atomic E-state index is -0.371. The molecule has 17 heavy (non-hydrogen) atoms. The minimum absolute atomic E-state index is 0.371. The molecule has 1 aliphatic heterocycles. The summed E-state index contributed by atoms with van der Waals surface area (Å²) in [5, 5.41) is 12.2. The molecule has 1 N–H and O–H groups in total. The number of likely N-dealkylation sites (tertiary alicyclic amines) is 1. The molecule has 1 heterocycles. The van der Waals surface area contributed by atoms with E-state index in [2.05, 4.69) is 30.1 Å². The van der Waals surface area contributed by atoms with E-state index in [0.717, 1.165) is 13.0 Å². The van der Waals surface area contributed by atoms with Gasteiger partial charge in [-0.3, -0.25) is 0 Å². The van der Waals surface area contributed by atoms with Crippen LogP contribution < -0.4 is 5.32 Å². The van der Waals surface area contributed by atoms with Gasteiger partial charge in [-0.25, -0.2) is 0 Å². The molecule has 98 valence electrons. The molecule has 3 heteroatoms. The van der Waals surface area contributed by atoms with Gasteiger partial charge in [-0.1, -0.05) is 13.8 Å². The van der Waals surface area contributed by atoms with E-state index < -0.39 is 0 Å². The second-order valence-electron chi connectivity index (χ2n) is 5.68. The Hall–Kier alpha value is -0.590. The van der Waals surface area contributed by atoms with Crippen LogP contribution in [0.5, 0.6) is 0 Å².